The number of rotatable bonds is 8. The summed E-state index contributed by atoms with van der Waals surface area (Å²) in [4.78, 5) is 30.7. The van der Waals surface area contributed by atoms with E-state index in [0.717, 1.165) is 16.8 Å². The molecule has 2 heterocycles. The lowest BCUT2D eigenvalue weighted by atomic mass is 9.86. The van der Waals surface area contributed by atoms with Crippen molar-refractivity contribution in [3.63, 3.8) is 0 Å². The lowest BCUT2D eigenvalue weighted by molar-refractivity contribution is -0.137. The molecule has 0 aliphatic carbocycles. The third-order valence-electron chi connectivity index (χ3n) is 7.86. The maximum absolute atomic E-state index is 13.9. The highest BCUT2D eigenvalue weighted by Crippen LogP contribution is 2.40. The topological polar surface area (TPSA) is 90.0 Å². The van der Waals surface area contributed by atoms with Crippen molar-refractivity contribution in [3.8, 4) is 0 Å². The molecule has 0 unspecified atom stereocenters. The molecule has 0 atom stereocenters. The monoisotopic (exact) mass is 614 g/mol. The van der Waals surface area contributed by atoms with Gasteiger partial charge in [0, 0.05) is 35.4 Å². The normalized spacial score (nSPS) is 17.3. The quantitative estimate of drug-likeness (QED) is 0.404. The van der Waals surface area contributed by atoms with Crippen LogP contribution in [0.1, 0.15) is 24.0 Å². The molecule has 1 N–H and O–H groups in total. The fraction of sp³-hybridized carbons (Fsp3) is 0.333. The lowest BCUT2D eigenvalue weighted by Gasteiger charge is -2.42. The summed E-state index contributed by atoms with van der Waals surface area (Å²) in [5.41, 5.74) is 1.78. The maximum atomic E-state index is 13.9. The van der Waals surface area contributed by atoms with Crippen molar-refractivity contribution in [2.45, 2.75) is 36.6 Å². The van der Waals surface area contributed by atoms with Gasteiger partial charge in [-0.05, 0) is 68.1 Å². The summed E-state index contributed by atoms with van der Waals surface area (Å²) >= 11 is 12.2. The fourth-order valence-corrected chi connectivity index (χ4v) is 7.51. The molecule has 1 spiro atoms. The number of nitrogens with zero attached hydrogens (tertiary/aromatic N) is 3. The van der Waals surface area contributed by atoms with Gasteiger partial charge in [0.2, 0.25) is 21.8 Å². The predicted molar refractivity (Wildman–Crippen MR) is 161 cm³/mol. The van der Waals surface area contributed by atoms with Gasteiger partial charge < -0.3 is 15.1 Å². The van der Waals surface area contributed by atoms with Crippen LogP contribution in [0.25, 0.3) is 0 Å². The minimum Gasteiger partial charge on any atom is -0.354 e. The fourth-order valence-electron chi connectivity index (χ4n) is 5.57. The molecule has 0 saturated carbocycles. The zero-order chi connectivity index (χ0) is 29.2. The minimum absolute atomic E-state index is 0.0936. The highest BCUT2D eigenvalue weighted by molar-refractivity contribution is 7.89. The van der Waals surface area contributed by atoms with Gasteiger partial charge in [-0.15, -0.1) is 0 Å². The number of piperidine rings is 1. The van der Waals surface area contributed by atoms with E-state index in [1.807, 2.05) is 48.2 Å². The summed E-state index contributed by atoms with van der Waals surface area (Å²) in [7, 11) is -3.69. The molecule has 0 bridgehead atoms. The largest absolute Gasteiger partial charge is 0.354 e. The Labute approximate surface area is 250 Å². The number of amides is 2. The molecule has 2 fully saturated rings. The van der Waals surface area contributed by atoms with Gasteiger partial charge in [-0.25, -0.2) is 8.42 Å². The van der Waals surface area contributed by atoms with E-state index in [-0.39, 0.29) is 43.0 Å². The number of aryl methyl sites for hydroxylation is 1. The van der Waals surface area contributed by atoms with Gasteiger partial charge in [0.25, 0.3) is 0 Å². The number of sulfonamides is 1. The molecular formula is C30H32Cl2N4O4S. The van der Waals surface area contributed by atoms with Crippen LogP contribution >= 0.6 is 23.2 Å². The van der Waals surface area contributed by atoms with E-state index in [1.54, 1.807) is 41.3 Å². The Morgan fingerprint density at radius 2 is 1.66 bits per heavy atom. The summed E-state index contributed by atoms with van der Waals surface area (Å²) in [5, 5.41) is 3.97. The second-order valence-corrected chi connectivity index (χ2v) is 13.3. The number of anilines is 1. The van der Waals surface area contributed by atoms with E-state index >= 15 is 0 Å². The third-order valence-corrected chi connectivity index (χ3v) is 10.4. The zero-order valence-electron chi connectivity index (χ0n) is 22.7. The minimum atomic E-state index is -3.69. The van der Waals surface area contributed by atoms with E-state index in [4.69, 9.17) is 23.2 Å². The van der Waals surface area contributed by atoms with Gasteiger partial charge in [0.05, 0.1) is 11.6 Å². The smallest absolute Gasteiger partial charge is 0.250 e. The number of carbonyl (C=O) groups is 2. The Morgan fingerprint density at radius 1 is 0.976 bits per heavy atom. The molecule has 8 nitrogen and oxygen atoms in total. The molecule has 2 aliphatic rings. The molecule has 216 valence electrons. The average Bonchev–Trinajstić information content (AvgIpc) is 3.21. The summed E-state index contributed by atoms with van der Waals surface area (Å²) in [6, 6.07) is 21.6. The van der Waals surface area contributed by atoms with Crippen LogP contribution in [-0.4, -0.2) is 67.8 Å². The second-order valence-electron chi connectivity index (χ2n) is 10.5. The first kappa shape index (κ1) is 29.4. The van der Waals surface area contributed by atoms with Crippen LogP contribution in [0.4, 0.5) is 5.69 Å². The molecule has 3 aromatic rings. The zero-order valence-corrected chi connectivity index (χ0v) is 25.1. The van der Waals surface area contributed by atoms with Crippen LogP contribution in [0.3, 0.4) is 0 Å². The standard InChI is InChI=1S/C30H32Cl2N4O4S/c1-22-7-11-26(12-8-22)41(39,40)35-17-14-30(15-18-35)29(38)34(21-36(30)25-5-3-2-4-6-25)20-28(37)33-16-13-23-9-10-24(31)19-27(23)32/h2-12,19H,13-18,20-21H2,1H3,(H,33,37). The van der Waals surface area contributed by atoms with Gasteiger partial charge in [0.1, 0.15) is 12.1 Å². The molecule has 11 heteroatoms. The van der Waals surface area contributed by atoms with Crippen molar-refractivity contribution >= 4 is 50.7 Å². The van der Waals surface area contributed by atoms with Crippen molar-refractivity contribution in [2.75, 3.05) is 37.7 Å². The molecular weight excluding hydrogens is 583 g/mol. The van der Waals surface area contributed by atoms with E-state index in [0.29, 0.717) is 35.9 Å². The average molecular weight is 616 g/mol. The number of carbonyl (C=O) groups excluding carboxylic acids is 2. The molecule has 2 saturated heterocycles. The SMILES string of the molecule is Cc1ccc(S(=O)(=O)N2CCC3(CC2)C(=O)N(CC(=O)NCCc2ccc(Cl)cc2Cl)CN3c2ccccc2)cc1. The number of hydrogen-bond donors (Lipinski definition) is 1. The molecule has 3 aromatic carbocycles. The van der Waals surface area contributed by atoms with Gasteiger partial charge in [-0.3, -0.25) is 9.59 Å². The van der Waals surface area contributed by atoms with Crippen LogP contribution in [0.2, 0.25) is 10.0 Å². The molecule has 41 heavy (non-hydrogen) atoms. The highest BCUT2D eigenvalue weighted by atomic mass is 35.5. The maximum Gasteiger partial charge on any atom is 0.250 e. The van der Waals surface area contributed by atoms with Crippen LogP contribution in [0.5, 0.6) is 0 Å². The van der Waals surface area contributed by atoms with Crippen molar-refractivity contribution in [2.24, 2.45) is 0 Å². The van der Waals surface area contributed by atoms with Gasteiger partial charge in [-0.1, -0.05) is 65.2 Å². The Balaban J connectivity index is 1.28. The molecule has 2 amide bonds. The van der Waals surface area contributed by atoms with Crippen molar-refractivity contribution in [3.05, 3.63) is 94.0 Å². The van der Waals surface area contributed by atoms with E-state index in [1.165, 1.54) is 4.31 Å². The van der Waals surface area contributed by atoms with Crippen LogP contribution in [0.15, 0.2) is 77.7 Å². The summed E-state index contributed by atoms with van der Waals surface area (Å²) in [5.74, 6) is -0.433. The Morgan fingerprint density at radius 3 is 2.32 bits per heavy atom. The summed E-state index contributed by atoms with van der Waals surface area (Å²) in [6.45, 7) is 2.82. The number of hydrogen-bond acceptors (Lipinski definition) is 5. The van der Waals surface area contributed by atoms with Crippen molar-refractivity contribution in [1.29, 1.82) is 0 Å². The first-order valence-electron chi connectivity index (χ1n) is 13.5. The molecule has 5 rings (SSSR count). The Kier molecular flexibility index (Phi) is 8.61. The van der Waals surface area contributed by atoms with Gasteiger partial charge in [-0.2, -0.15) is 4.31 Å². The lowest BCUT2D eigenvalue weighted by Crippen LogP contribution is -2.57. The second kappa shape index (κ2) is 12.0. The number of benzene rings is 3. The van der Waals surface area contributed by atoms with Crippen molar-refractivity contribution in [1.82, 2.24) is 14.5 Å². The van der Waals surface area contributed by atoms with Crippen LogP contribution in [-0.2, 0) is 26.0 Å². The first-order chi connectivity index (χ1) is 19.6. The first-order valence-corrected chi connectivity index (χ1v) is 15.7. The molecule has 0 radical (unpaired) electrons. The van der Waals surface area contributed by atoms with Gasteiger partial charge in [0.15, 0.2) is 0 Å². The third kappa shape index (κ3) is 6.09. The van der Waals surface area contributed by atoms with Crippen molar-refractivity contribution < 1.29 is 18.0 Å². The Bertz CT molecular complexity index is 1530. The summed E-state index contributed by atoms with van der Waals surface area (Å²) < 4.78 is 28.1. The van der Waals surface area contributed by atoms with E-state index < -0.39 is 15.6 Å². The van der Waals surface area contributed by atoms with Crippen LogP contribution in [0, 0.1) is 6.92 Å². The Hall–Kier alpha value is -3.11. The summed E-state index contributed by atoms with van der Waals surface area (Å²) in [6.07, 6.45) is 1.17. The number of nitrogens with one attached hydrogen (secondary N) is 1. The van der Waals surface area contributed by atoms with Crippen LogP contribution < -0.4 is 10.2 Å². The van der Waals surface area contributed by atoms with E-state index in [2.05, 4.69) is 5.32 Å². The molecule has 0 aromatic heterocycles. The van der Waals surface area contributed by atoms with Gasteiger partial charge >= 0.3 is 0 Å². The predicted octanol–water partition coefficient (Wildman–Crippen LogP) is 4.49. The number of para-hydroxylation sites is 1. The molecule has 2 aliphatic heterocycles. The number of halogens is 2. The van der Waals surface area contributed by atoms with E-state index in [9.17, 15) is 18.0 Å². The highest BCUT2D eigenvalue weighted by Gasteiger charge is 2.55.